The molecule has 1 atom stereocenters. The Kier molecular flexibility index (Phi) is 9.61. The lowest BCUT2D eigenvalue weighted by atomic mass is 10.1. The summed E-state index contributed by atoms with van der Waals surface area (Å²) in [6.07, 6.45) is 5.33. The molecular weight excluding hydrogens is 734 g/mol. The zero-order chi connectivity index (χ0) is 32.2. The molecule has 0 radical (unpaired) electrons. The highest BCUT2D eigenvalue weighted by Gasteiger charge is 2.18. The number of ether oxygens (including phenoxy) is 1. The third kappa shape index (κ3) is 6.22. The SMILES string of the molecule is CCCc1nc2cccc(-c3nc4ccc(C(=O)OCC)cc4s3)c2c(=O)n1-c1ccccc1.Nc1ncnc2c1ncn2PI. The van der Waals surface area contributed by atoms with Gasteiger partial charge in [-0.2, -0.15) is 0 Å². The first-order chi connectivity index (χ1) is 22.4. The second-order valence-electron chi connectivity index (χ2n) is 10.0. The van der Waals surface area contributed by atoms with Gasteiger partial charge in [0.2, 0.25) is 0 Å². The van der Waals surface area contributed by atoms with Crippen LogP contribution in [0.3, 0.4) is 0 Å². The van der Waals surface area contributed by atoms with Gasteiger partial charge in [-0.3, -0.25) is 13.7 Å². The van der Waals surface area contributed by atoms with Gasteiger partial charge in [-0.15, -0.1) is 11.3 Å². The Morgan fingerprint density at radius 3 is 2.59 bits per heavy atom. The lowest BCUT2D eigenvalue weighted by molar-refractivity contribution is 0.0526. The number of aryl methyl sites for hydroxylation is 1. The Morgan fingerprint density at radius 1 is 1.00 bits per heavy atom. The standard InChI is InChI=1S/C27H23N3O3S.C5H5IN5P/c1-3-9-23-28-21-13-8-12-19(24(21)26(31)30(23)18-10-6-5-7-11-18)25-29-20-15-14-17(16-22(20)34-25)27(32)33-4-2;6-12-11-2-10-3-4(7)8-1-9-5(3)11/h5-8,10-16H,3-4,9H2,1-2H3;1-2,12H,(H2,7,8,9). The second-order valence-corrected chi connectivity index (χ2v) is 13.1. The van der Waals surface area contributed by atoms with Gasteiger partial charge in [0, 0.05) is 12.0 Å². The molecule has 1 unspecified atom stereocenters. The molecule has 0 aliphatic heterocycles. The summed E-state index contributed by atoms with van der Waals surface area (Å²) in [5, 5.41) is 1.25. The van der Waals surface area contributed by atoms with Crippen molar-refractivity contribution in [1.29, 1.82) is 0 Å². The highest BCUT2D eigenvalue weighted by Crippen LogP contribution is 2.34. The molecule has 0 amide bonds. The van der Waals surface area contributed by atoms with Crippen molar-refractivity contribution in [2.75, 3.05) is 12.3 Å². The van der Waals surface area contributed by atoms with Gasteiger partial charge >= 0.3 is 5.97 Å². The van der Waals surface area contributed by atoms with E-state index in [1.54, 1.807) is 30.0 Å². The van der Waals surface area contributed by atoms with Crippen molar-refractivity contribution in [2.24, 2.45) is 0 Å². The fourth-order valence-corrected chi connectivity index (χ4v) is 7.43. The maximum atomic E-state index is 13.9. The topological polar surface area (TPSA) is 144 Å². The smallest absolute Gasteiger partial charge is 0.338 e. The van der Waals surface area contributed by atoms with Gasteiger partial charge in [0.1, 0.15) is 23.5 Å². The summed E-state index contributed by atoms with van der Waals surface area (Å²) in [5.41, 5.74) is 10.4. The van der Waals surface area contributed by atoms with Crippen LogP contribution in [0.4, 0.5) is 5.82 Å². The molecule has 0 bridgehead atoms. The van der Waals surface area contributed by atoms with E-state index in [9.17, 15) is 9.59 Å². The van der Waals surface area contributed by atoms with E-state index in [2.05, 4.69) is 43.9 Å². The van der Waals surface area contributed by atoms with Crippen molar-refractivity contribution in [3.8, 4) is 16.3 Å². The Bertz CT molecular complexity index is 2250. The van der Waals surface area contributed by atoms with Crippen LogP contribution in [0.25, 0.3) is 48.5 Å². The fraction of sp³-hybridized carbons (Fsp3) is 0.156. The maximum absolute atomic E-state index is 13.9. The number of aromatic nitrogens is 7. The summed E-state index contributed by atoms with van der Waals surface area (Å²) >= 11 is 3.70. The van der Waals surface area contributed by atoms with Gasteiger partial charge in [0.05, 0.1) is 45.4 Å². The average molecular weight is 763 g/mol. The summed E-state index contributed by atoms with van der Waals surface area (Å²) in [6, 6.07) is 20.6. The Morgan fingerprint density at radius 2 is 1.83 bits per heavy atom. The van der Waals surface area contributed by atoms with E-state index in [1.165, 1.54) is 17.7 Å². The predicted molar refractivity (Wildman–Crippen MR) is 193 cm³/mol. The number of halogens is 1. The first-order valence-corrected chi connectivity index (χ1v) is 19.3. The van der Waals surface area contributed by atoms with Crippen molar-refractivity contribution < 1.29 is 9.53 Å². The van der Waals surface area contributed by atoms with Crippen LogP contribution in [0, 0.1) is 0 Å². The number of hydrogen-bond acceptors (Lipinski definition) is 10. The molecule has 0 saturated carbocycles. The number of carbonyl (C=O) groups is 1. The number of hydrogen-bond donors (Lipinski definition) is 1. The third-order valence-corrected chi connectivity index (χ3v) is 10.2. The van der Waals surface area contributed by atoms with Crippen LogP contribution in [0.1, 0.15) is 36.5 Å². The largest absolute Gasteiger partial charge is 0.462 e. The lowest BCUT2D eigenvalue weighted by Crippen LogP contribution is -2.24. The molecule has 0 spiro atoms. The van der Waals surface area contributed by atoms with E-state index in [0.717, 1.165) is 39.4 Å². The Hall–Kier alpha value is -4.33. The number of fused-ring (bicyclic) bond motifs is 3. The molecule has 7 rings (SSSR count). The number of imidazole rings is 1. The zero-order valence-electron chi connectivity index (χ0n) is 24.8. The van der Waals surface area contributed by atoms with Crippen molar-refractivity contribution in [3.63, 3.8) is 0 Å². The van der Waals surface area contributed by atoms with Crippen LogP contribution in [-0.2, 0) is 11.2 Å². The molecule has 3 aromatic carbocycles. The Labute approximate surface area is 282 Å². The number of rotatable bonds is 7. The summed E-state index contributed by atoms with van der Waals surface area (Å²) < 4.78 is 9.63. The molecule has 2 N–H and O–H groups in total. The molecule has 11 nitrogen and oxygen atoms in total. The van der Waals surface area contributed by atoms with E-state index in [4.69, 9.17) is 20.4 Å². The number of thiazole rings is 1. The summed E-state index contributed by atoms with van der Waals surface area (Å²) in [5.74, 6) is 0.822. The number of esters is 1. The molecule has 7 aromatic rings. The maximum Gasteiger partial charge on any atom is 0.338 e. The van der Waals surface area contributed by atoms with Crippen LogP contribution >= 0.6 is 39.8 Å². The van der Waals surface area contributed by atoms with Crippen LogP contribution < -0.4 is 11.3 Å². The molecule has 0 saturated heterocycles. The second kappa shape index (κ2) is 14.0. The molecule has 0 aliphatic carbocycles. The number of para-hydroxylation sites is 1. The molecule has 14 heteroatoms. The number of anilines is 1. The van der Waals surface area contributed by atoms with E-state index in [0.29, 0.717) is 52.2 Å². The van der Waals surface area contributed by atoms with E-state index >= 15 is 0 Å². The van der Waals surface area contributed by atoms with Gasteiger partial charge in [0.25, 0.3) is 5.56 Å². The van der Waals surface area contributed by atoms with Crippen molar-refractivity contribution in [1.82, 2.24) is 33.8 Å². The van der Waals surface area contributed by atoms with Crippen LogP contribution in [0.5, 0.6) is 0 Å². The van der Waals surface area contributed by atoms with Gasteiger partial charge < -0.3 is 10.5 Å². The van der Waals surface area contributed by atoms with Gasteiger partial charge in [0.15, 0.2) is 17.0 Å². The molecule has 4 aromatic heterocycles. The first-order valence-electron chi connectivity index (χ1n) is 14.4. The van der Waals surface area contributed by atoms with Gasteiger partial charge in [-0.05, 0) is 71.8 Å². The van der Waals surface area contributed by atoms with Crippen molar-refractivity contribution in [3.05, 3.63) is 101 Å². The first kappa shape index (κ1) is 31.6. The van der Waals surface area contributed by atoms with Crippen LogP contribution in [0.15, 0.2) is 84.2 Å². The van der Waals surface area contributed by atoms with Crippen LogP contribution in [0.2, 0.25) is 0 Å². The Balaban J connectivity index is 0.000000259. The number of nitrogens with two attached hydrogens (primary N) is 1. The summed E-state index contributed by atoms with van der Waals surface area (Å²) in [7, 11) is 0. The van der Waals surface area contributed by atoms with E-state index < -0.39 is 0 Å². The molecule has 0 aliphatic rings. The third-order valence-electron chi connectivity index (χ3n) is 7.04. The minimum absolute atomic E-state index is 0.110. The molecular formula is C32H28IN8O3PS. The van der Waals surface area contributed by atoms with Crippen molar-refractivity contribution >= 4 is 83.8 Å². The molecule has 46 heavy (non-hydrogen) atoms. The summed E-state index contributed by atoms with van der Waals surface area (Å²) in [6.45, 7) is 4.18. The van der Waals surface area contributed by atoms with Crippen LogP contribution in [-0.4, -0.2) is 46.4 Å². The molecule has 0 fully saturated rings. The molecule has 232 valence electrons. The fourth-order valence-electron chi connectivity index (χ4n) is 4.98. The van der Waals surface area contributed by atoms with Gasteiger partial charge in [-0.25, -0.2) is 29.7 Å². The number of nitrogen functional groups attached to an aromatic ring is 1. The minimum Gasteiger partial charge on any atom is -0.462 e. The van der Waals surface area contributed by atoms with E-state index in [-0.39, 0.29) is 11.5 Å². The normalized spacial score (nSPS) is 11.4. The number of nitrogens with zero attached hydrogens (tertiary/aromatic N) is 7. The van der Waals surface area contributed by atoms with Gasteiger partial charge in [-0.1, -0.05) is 37.3 Å². The number of carbonyl (C=O) groups excluding carboxylic acids is 1. The summed E-state index contributed by atoms with van der Waals surface area (Å²) in [4.78, 5) is 47.7. The minimum atomic E-state index is -0.358. The lowest BCUT2D eigenvalue weighted by Gasteiger charge is -2.14. The van der Waals surface area contributed by atoms with E-state index in [1.807, 2.05) is 58.9 Å². The highest BCUT2D eigenvalue weighted by molar-refractivity contribution is 14.2. The zero-order valence-corrected chi connectivity index (χ0v) is 28.8. The predicted octanol–water partition coefficient (Wildman–Crippen LogP) is 6.99. The monoisotopic (exact) mass is 762 g/mol. The number of benzene rings is 3. The average Bonchev–Trinajstić information content (AvgIpc) is 3.70. The highest BCUT2D eigenvalue weighted by atomic mass is 127. The van der Waals surface area contributed by atoms with Crippen molar-refractivity contribution in [2.45, 2.75) is 26.7 Å². The molecule has 4 heterocycles. The quantitative estimate of drug-likeness (QED) is 0.103.